The molecule has 0 unspecified atom stereocenters. The second kappa shape index (κ2) is 6.66. The van der Waals surface area contributed by atoms with Gasteiger partial charge in [0.05, 0.1) is 0 Å². The fourth-order valence-corrected chi connectivity index (χ4v) is 1.32. The summed E-state index contributed by atoms with van der Waals surface area (Å²) in [5.41, 5.74) is 0. The summed E-state index contributed by atoms with van der Waals surface area (Å²) >= 11 is 0. The van der Waals surface area contributed by atoms with Crippen molar-refractivity contribution in [3.63, 3.8) is 0 Å². The van der Waals surface area contributed by atoms with Gasteiger partial charge in [0.25, 0.3) is 0 Å². The first-order valence-corrected chi connectivity index (χ1v) is 5.95. The van der Waals surface area contributed by atoms with E-state index in [-0.39, 0.29) is 6.61 Å². The van der Waals surface area contributed by atoms with Crippen LogP contribution in [0.4, 0.5) is 0 Å². The Bertz CT molecular complexity index is 189. The Kier molecular flexibility index (Phi) is 6.24. The molecule has 0 saturated heterocycles. The number of rotatable bonds is 7. The summed E-state index contributed by atoms with van der Waals surface area (Å²) in [6.07, 6.45) is 5.45. The van der Waals surface area contributed by atoms with Crippen molar-refractivity contribution >= 4 is 7.94 Å². The number of hydrogen-bond donors (Lipinski definition) is 1. The summed E-state index contributed by atoms with van der Waals surface area (Å²) in [4.78, 5) is 9.40. The van der Waals surface area contributed by atoms with Gasteiger partial charge in [-0.2, -0.15) is 0 Å². The average molecular weight is 206 g/mol. The van der Waals surface area contributed by atoms with Crippen molar-refractivity contribution in [2.75, 3.05) is 13.3 Å². The van der Waals surface area contributed by atoms with E-state index in [1.54, 1.807) is 6.08 Å². The van der Waals surface area contributed by atoms with Gasteiger partial charge in [-0.15, -0.1) is 0 Å². The van der Waals surface area contributed by atoms with Crippen molar-refractivity contribution in [3.8, 4) is 0 Å². The van der Waals surface area contributed by atoms with Crippen LogP contribution in [0.5, 0.6) is 0 Å². The van der Waals surface area contributed by atoms with Gasteiger partial charge in [-0.3, -0.25) is 0 Å². The summed E-state index contributed by atoms with van der Waals surface area (Å²) < 4.78 is 14.5. The Morgan fingerprint density at radius 3 is 2.62 bits per heavy atom. The summed E-state index contributed by atoms with van der Waals surface area (Å²) in [5, 5.41) is 0. The fraction of sp³-hybridized carbons (Fsp3) is 0.250. The molecule has 0 aliphatic rings. The standard InChI is InChI=1S/C8H15O4P/c1-4-10-7-6-8-12-13(3,9)11-5-2/h4-7,9,13H,1-2,8H2,3H3/b7-6+. The molecule has 0 radical (unpaired) electrons. The van der Waals surface area contributed by atoms with Crippen molar-refractivity contribution < 1.29 is 18.7 Å². The Hall–Kier alpha value is -0.830. The zero-order valence-corrected chi connectivity index (χ0v) is 8.60. The minimum atomic E-state index is -3.01. The first-order chi connectivity index (χ1) is 6.12. The molecule has 76 valence electrons. The van der Waals surface area contributed by atoms with Crippen molar-refractivity contribution in [2.24, 2.45) is 0 Å². The molecule has 0 fully saturated rings. The van der Waals surface area contributed by atoms with Gasteiger partial charge in [-0.05, 0) is 0 Å². The molecule has 0 bridgehead atoms. The van der Waals surface area contributed by atoms with E-state index in [4.69, 9.17) is 9.05 Å². The Morgan fingerprint density at radius 1 is 1.38 bits per heavy atom. The van der Waals surface area contributed by atoms with Crippen molar-refractivity contribution in [1.82, 2.24) is 0 Å². The molecule has 0 rings (SSSR count). The molecule has 0 spiro atoms. The monoisotopic (exact) mass is 206 g/mol. The van der Waals surface area contributed by atoms with Gasteiger partial charge in [0, 0.05) is 0 Å². The zero-order chi connectivity index (χ0) is 10.2. The van der Waals surface area contributed by atoms with Crippen LogP contribution in [0.1, 0.15) is 0 Å². The topological polar surface area (TPSA) is 47.9 Å². The molecule has 0 atom stereocenters. The maximum absolute atomic E-state index is 9.40. The Balaban J connectivity index is 3.61. The molecule has 0 aromatic carbocycles. The maximum atomic E-state index is 9.40. The van der Waals surface area contributed by atoms with E-state index in [9.17, 15) is 4.89 Å². The first-order valence-electron chi connectivity index (χ1n) is 3.69. The van der Waals surface area contributed by atoms with E-state index < -0.39 is 7.94 Å². The van der Waals surface area contributed by atoms with Crippen LogP contribution in [-0.4, -0.2) is 18.2 Å². The van der Waals surface area contributed by atoms with Gasteiger partial charge in [0.15, 0.2) is 0 Å². The van der Waals surface area contributed by atoms with Gasteiger partial charge in [-0.1, -0.05) is 0 Å². The number of ether oxygens (including phenoxy) is 1. The van der Waals surface area contributed by atoms with Gasteiger partial charge in [0.1, 0.15) is 0 Å². The van der Waals surface area contributed by atoms with Gasteiger partial charge in [-0.25, -0.2) is 0 Å². The second-order valence-corrected chi connectivity index (χ2v) is 4.49. The van der Waals surface area contributed by atoms with E-state index >= 15 is 0 Å². The van der Waals surface area contributed by atoms with Gasteiger partial charge in [0.2, 0.25) is 0 Å². The van der Waals surface area contributed by atoms with Crippen LogP contribution in [0.25, 0.3) is 0 Å². The summed E-state index contributed by atoms with van der Waals surface area (Å²) in [5.74, 6) is 0. The van der Waals surface area contributed by atoms with E-state index in [1.165, 1.54) is 19.2 Å². The van der Waals surface area contributed by atoms with Crippen LogP contribution in [0.15, 0.2) is 38.0 Å². The molecule has 0 heterocycles. The predicted octanol–water partition coefficient (Wildman–Crippen LogP) is 1.95. The van der Waals surface area contributed by atoms with Crippen molar-refractivity contribution in [3.05, 3.63) is 38.0 Å². The fourth-order valence-electron chi connectivity index (χ4n) is 0.542. The van der Waals surface area contributed by atoms with E-state index in [1.807, 2.05) is 0 Å². The molecule has 0 aliphatic carbocycles. The summed E-state index contributed by atoms with van der Waals surface area (Å²) in [6, 6.07) is 0. The molecule has 4 nitrogen and oxygen atoms in total. The van der Waals surface area contributed by atoms with Crippen LogP contribution in [0.2, 0.25) is 0 Å². The molecule has 1 N–H and O–H groups in total. The molecule has 0 saturated carbocycles. The van der Waals surface area contributed by atoms with Crippen LogP contribution in [0.3, 0.4) is 0 Å². The van der Waals surface area contributed by atoms with Crippen LogP contribution in [-0.2, 0) is 13.8 Å². The van der Waals surface area contributed by atoms with Crippen molar-refractivity contribution in [2.45, 2.75) is 0 Å². The molecule has 0 aromatic heterocycles. The van der Waals surface area contributed by atoms with Gasteiger partial charge < -0.3 is 0 Å². The van der Waals surface area contributed by atoms with E-state index in [2.05, 4.69) is 17.9 Å². The van der Waals surface area contributed by atoms with E-state index in [0.717, 1.165) is 6.26 Å². The molecular weight excluding hydrogens is 191 g/mol. The SMILES string of the molecule is C=CO/C=C/CO[PH](C)(O)OC=C. The normalized spacial score (nSPS) is 12.5. The zero-order valence-electron chi connectivity index (χ0n) is 7.60. The first kappa shape index (κ1) is 12.2. The summed E-state index contributed by atoms with van der Waals surface area (Å²) in [7, 11) is -3.01. The molecule has 5 heteroatoms. The third-order valence-corrected chi connectivity index (χ3v) is 2.33. The minimum absolute atomic E-state index is 0.223. The third kappa shape index (κ3) is 7.53. The van der Waals surface area contributed by atoms with E-state index in [0.29, 0.717) is 0 Å². The van der Waals surface area contributed by atoms with Gasteiger partial charge >= 0.3 is 77.9 Å². The van der Waals surface area contributed by atoms with Crippen LogP contribution in [0, 0.1) is 0 Å². The summed E-state index contributed by atoms with van der Waals surface area (Å²) in [6.45, 7) is 8.38. The molecule has 13 heavy (non-hydrogen) atoms. The predicted molar refractivity (Wildman–Crippen MR) is 54.1 cm³/mol. The van der Waals surface area contributed by atoms with Crippen molar-refractivity contribution in [1.29, 1.82) is 0 Å². The average Bonchev–Trinajstić information content (AvgIpc) is 2.04. The molecule has 0 aromatic rings. The second-order valence-electron chi connectivity index (χ2n) is 2.17. The van der Waals surface area contributed by atoms with Crippen LogP contribution < -0.4 is 0 Å². The quantitative estimate of drug-likeness (QED) is 0.511. The molecule has 0 aliphatic heterocycles. The Labute approximate surface area is 78.7 Å². The number of hydrogen-bond acceptors (Lipinski definition) is 4. The molecule has 0 amide bonds. The Morgan fingerprint density at radius 2 is 2.08 bits per heavy atom. The molecular formula is C8H15O4P. The third-order valence-electron chi connectivity index (χ3n) is 1.02. The van der Waals surface area contributed by atoms with Crippen LogP contribution >= 0.6 is 7.94 Å².